The first kappa shape index (κ1) is 9.85. The average molecular weight is 222 g/mol. The van der Waals surface area contributed by atoms with Crippen LogP contribution in [0.15, 0.2) is 23.8 Å². The van der Waals surface area contributed by atoms with Crippen LogP contribution in [0, 0.1) is 0 Å². The van der Waals surface area contributed by atoms with Crippen LogP contribution in [0.25, 0.3) is 0 Å². The molecule has 2 heterocycles. The summed E-state index contributed by atoms with van der Waals surface area (Å²) in [7, 11) is 0. The van der Waals surface area contributed by atoms with E-state index >= 15 is 0 Å². The summed E-state index contributed by atoms with van der Waals surface area (Å²) in [5.74, 6) is -0.225. The van der Waals surface area contributed by atoms with Crippen LogP contribution in [-0.4, -0.2) is 20.7 Å². The number of nitrogens with zero attached hydrogens (tertiary/aromatic N) is 3. The van der Waals surface area contributed by atoms with Gasteiger partial charge >= 0.3 is 0 Å². The van der Waals surface area contributed by atoms with E-state index in [-0.39, 0.29) is 5.91 Å². The topological polar surface area (TPSA) is 59.8 Å². The second kappa shape index (κ2) is 4.22. The van der Waals surface area contributed by atoms with Crippen LogP contribution in [-0.2, 0) is 6.54 Å². The van der Waals surface area contributed by atoms with Crippen molar-refractivity contribution in [2.45, 2.75) is 13.5 Å². The van der Waals surface area contributed by atoms with E-state index in [1.807, 2.05) is 6.92 Å². The van der Waals surface area contributed by atoms with Crippen molar-refractivity contribution in [3.05, 3.63) is 29.5 Å². The number of anilines is 1. The molecule has 0 bridgehead atoms. The van der Waals surface area contributed by atoms with E-state index in [1.54, 1.807) is 28.5 Å². The number of thiazole rings is 1. The summed E-state index contributed by atoms with van der Waals surface area (Å²) in [5, 5.41) is 9.15. The van der Waals surface area contributed by atoms with Gasteiger partial charge in [0.2, 0.25) is 0 Å². The van der Waals surface area contributed by atoms with Gasteiger partial charge in [-0.05, 0) is 13.0 Å². The van der Waals surface area contributed by atoms with E-state index in [2.05, 4.69) is 15.4 Å². The first-order valence-corrected chi connectivity index (χ1v) is 5.42. The number of amides is 1. The minimum Gasteiger partial charge on any atom is -0.296 e. The molecule has 0 saturated carbocycles. The SMILES string of the molecule is CCn1ccc(C(=O)Nc2nccs2)n1. The van der Waals surface area contributed by atoms with Crippen molar-refractivity contribution in [3.63, 3.8) is 0 Å². The zero-order valence-electron chi connectivity index (χ0n) is 8.17. The van der Waals surface area contributed by atoms with Crippen LogP contribution < -0.4 is 5.32 Å². The van der Waals surface area contributed by atoms with Gasteiger partial charge in [-0.25, -0.2) is 4.98 Å². The molecule has 2 aromatic rings. The van der Waals surface area contributed by atoms with Gasteiger partial charge in [-0.2, -0.15) is 5.10 Å². The molecule has 0 atom stereocenters. The van der Waals surface area contributed by atoms with Gasteiger partial charge in [0, 0.05) is 24.3 Å². The molecular weight excluding hydrogens is 212 g/mol. The van der Waals surface area contributed by atoms with E-state index in [1.165, 1.54) is 11.3 Å². The first-order chi connectivity index (χ1) is 7.29. The minimum atomic E-state index is -0.225. The largest absolute Gasteiger partial charge is 0.296 e. The molecule has 2 aromatic heterocycles. The van der Waals surface area contributed by atoms with Crippen molar-refractivity contribution in [3.8, 4) is 0 Å². The van der Waals surface area contributed by atoms with Crippen LogP contribution in [0.5, 0.6) is 0 Å². The molecule has 0 aliphatic carbocycles. The van der Waals surface area contributed by atoms with Gasteiger partial charge in [-0.3, -0.25) is 14.8 Å². The summed E-state index contributed by atoms with van der Waals surface area (Å²) in [6.45, 7) is 2.72. The monoisotopic (exact) mass is 222 g/mol. The van der Waals surface area contributed by atoms with E-state index < -0.39 is 0 Å². The normalized spacial score (nSPS) is 10.2. The molecule has 0 aliphatic heterocycles. The maximum absolute atomic E-state index is 11.6. The molecule has 0 aliphatic rings. The van der Waals surface area contributed by atoms with Crippen LogP contribution in [0.4, 0.5) is 5.13 Å². The van der Waals surface area contributed by atoms with Gasteiger partial charge in [-0.15, -0.1) is 11.3 Å². The fourth-order valence-electron chi connectivity index (χ4n) is 1.11. The van der Waals surface area contributed by atoms with Crippen molar-refractivity contribution < 1.29 is 4.79 Å². The Balaban J connectivity index is 2.08. The van der Waals surface area contributed by atoms with Crippen LogP contribution in [0.1, 0.15) is 17.4 Å². The molecule has 1 N–H and O–H groups in total. The smallest absolute Gasteiger partial charge is 0.277 e. The third-order valence-corrected chi connectivity index (χ3v) is 2.54. The van der Waals surface area contributed by atoms with Crippen LogP contribution in [0.3, 0.4) is 0 Å². The molecule has 0 unspecified atom stereocenters. The van der Waals surface area contributed by atoms with Crippen molar-refractivity contribution in [2.24, 2.45) is 0 Å². The Bertz CT molecular complexity index is 448. The van der Waals surface area contributed by atoms with E-state index in [0.29, 0.717) is 10.8 Å². The third-order valence-electron chi connectivity index (χ3n) is 1.85. The Labute approximate surface area is 90.8 Å². The number of hydrogen-bond acceptors (Lipinski definition) is 4. The fraction of sp³-hybridized carbons (Fsp3) is 0.222. The molecular formula is C9H10N4OS. The number of nitrogens with one attached hydrogen (secondary N) is 1. The Morgan fingerprint density at radius 1 is 1.67 bits per heavy atom. The Morgan fingerprint density at radius 2 is 2.53 bits per heavy atom. The van der Waals surface area contributed by atoms with Gasteiger partial charge in [0.25, 0.3) is 5.91 Å². The third kappa shape index (κ3) is 2.21. The number of rotatable bonds is 3. The van der Waals surface area contributed by atoms with Gasteiger partial charge in [0.1, 0.15) is 0 Å². The van der Waals surface area contributed by atoms with E-state index in [9.17, 15) is 4.79 Å². The van der Waals surface area contributed by atoms with Gasteiger partial charge in [0.05, 0.1) is 0 Å². The number of carbonyl (C=O) groups excluding carboxylic acids is 1. The highest BCUT2D eigenvalue weighted by Gasteiger charge is 2.10. The maximum atomic E-state index is 11.6. The summed E-state index contributed by atoms with van der Waals surface area (Å²) in [6.07, 6.45) is 3.42. The predicted molar refractivity (Wildman–Crippen MR) is 58.0 cm³/mol. The molecule has 0 fully saturated rings. The Hall–Kier alpha value is -1.69. The van der Waals surface area contributed by atoms with E-state index in [4.69, 9.17) is 0 Å². The molecule has 0 saturated heterocycles. The Kier molecular flexibility index (Phi) is 2.77. The van der Waals surface area contributed by atoms with Crippen LogP contribution >= 0.6 is 11.3 Å². The molecule has 1 amide bonds. The summed E-state index contributed by atoms with van der Waals surface area (Å²) in [6, 6.07) is 1.69. The van der Waals surface area contributed by atoms with Crippen molar-refractivity contribution in [1.82, 2.24) is 14.8 Å². The fourth-order valence-corrected chi connectivity index (χ4v) is 1.63. The molecule has 2 rings (SSSR count). The zero-order valence-corrected chi connectivity index (χ0v) is 8.99. The van der Waals surface area contributed by atoms with Crippen LogP contribution in [0.2, 0.25) is 0 Å². The molecule has 78 valence electrons. The molecule has 0 radical (unpaired) electrons. The highest BCUT2D eigenvalue weighted by molar-refractivity contribution is 7.13. The minimum absolute atomic E-state index is 0.225. The molecule has 0 aromatic carbocycles. The number of aryl methyl sites for hydroxylation is 1. The number of hydrogen-bond donors (Lipinski definition) is 1. The highest BCUT2D eigenvalue weighted by Crippen LogP contribution is 2.11. The Morgan fingerprint density at radius 3 is 3.13 bits per heavy atom. The zero-order chi connectivity index (χ0) is 10.7. The summed E-state index contributed by atoms with van der Waals surface area (Å²) in [5.41, 5.74) is 0.409. The van der Waals surface area contributed by atoms with E-state index in [0.717, 1.165) is 6.54 Å². The highest BCUT2D eigenvalue weighted by atomic mass is 32.1. The van der Waals surface area contributed by atoms with Crippen molar-refractivity contribution >= 4 is 22.4 Å². The second-order valence-electron chi connectivity index (χ2n) is 2.85. The lowest BCUT2D eigenvalue weighted by molar-refractivity contribution is 0.102. The lowest BCUT2D eigenvalue weighted by Crippen LogP contribution is -2.13. The number of aromatic nitrogens is 3. The predicted octanol–water partition coefficient (Wildman–Crippen LogP) is 1.61. The standard InChI is InChI=1S/C9H10N4OS/c1-2-13-5-3-7(12-13)8(14)11-9-10-4-6-15-9/h3-6H,2H2,1H3,(H,10,11,14). The van der Waals surface area contributed by atoms with Gasteiger partial charge in [-0.1, -0.05) is 0 Å². The van der Waals surface area contributed by atoms with Crippen molar-refractivity contribution in [1.29, 1.82) is 0 Å². The molecule has 6 heteroatoms. The maximum Gasteiger partial charge on any atom is 0.277 e. The first-order valence-electron chi connectivity index (χ1n) is 4.54. The lowest BCUT2D eigenvalue weighted by atomic mass is 10.4. The summed E-state index contributed by atoms with van der Waals surface area (Å²) < 4.78 is 1.71. The molecule has 5 nitrogen and oxygen atoms in total. The average Bonchev–Trinajstić information content (AvgIpc) is 2.86. The number of carbonyl (C=O) groups is 1. The lowest BCUT2D eigenvalue weighted by Gasteiger charge is -1.97. The molecule has 0 spiro atoms. The van der Waals surface area contributed by atoms with Gasteiger partial charge in [0.15, 0.2) is 10.8 Å². The van der Waals surface area contributed by atoms with Crippen molar-refractivity contribution in [2.75, 3.05) is 5.32 Å². The molecule has 15 heavy (non-hydrogen) atoms. The van der Waals surface area contributed by atoms with Gasteiger partial charge < -0.3 is 0 Å². The summed E-state index contributed by atoms with van der Waals surface area (Å²) in [4.78, 5) is 15.6. The second-order valence-corrected chi connectivity index (χ2v) is 3.74. The quantitative estimate of drug-likeness (QED) is 0.858. The summed E-state index contributed by atoms with van der Waals surface area (Å²) >= 11 is 1.38.